The van der Waals surface area contributed by atoms with Gasteiger partial charge in [-0.05, 0) is 146 Å². The Morgan fingerprint density at radius 3 is 1.68 bits per heavy atom. The molecular formula is C78H67BN2O3. The highest BCUT2D eigenvalue weighted by Crippen LogP contribution is 2.56. The van der Waals surface area contributed by atoms with Crippen LogP contribution in [0, 0.1) is 0 Å². The predicted molar refractivity (Wildman–Crippen MR) is 353 cm³/mol. The first-order valence-electron chi connectivity index (χ1n) is 30.0. The van der Waals surface area contributed by atoms with Gasteiger partial charge in [-0.15, -0.1) is 0 Å². The molecule has 3 aromatic heterocycles. The van der Waals surface area contributed by atoms with E-state index < -0.39 is 0 Å². The van der Waals surface area contributed by atoms with E-state index in [0.717, 1.165) is 146 Å². The van der Waals surface area contributed by atoms with E-state index in [9.17, 15) is 0 Å². The van der Waals surface area contributed by atoms with Gasteiger partial charge < -0.3 is 23.0 Å². The standard InChI is InChI=1S/C78H67BN2O3/c1-75(2,3)49-30-33-51(34-31-49)81-63-45-69-54(55-40-59-60(43-67(55)82-69)78(9,10)37-36-77(59,7)8)39-57(63)71-72-65(41-56-52-28-20-21-29-66(52)83-74(56)71)80(62-35-32-50(76(4,5)6)38-53(62)46-22-14-11-15-23-46)64-42-58-68(44-61(64)79(72)81)84-73(48-26-18-13-19-27-48)70(58)47-24-16-12-17-25-47/h11-35,38-45H,36-37H2,1-10H3. The van der Waals surface area contributed by atoms with E-state index in [2.05, 4.69) is 279 Å². The van der Waals surface area contributed by atoms with Crippen LogP contribution in [0.3, 0.4) is 0 Å². The average Bonchev–Trinajstić information content (AvgIpc) is 1.54. The van der Waals surface area contributed by atoms with Gasteiger partial charge in [-0.1, -0.05) is 197 Å². The van der Waals surface area contributed by atoms with Crippen molar-refractivity contribution in [1.82, 2.24) is 0 Å². The molecule has 1 aliphatic carbocycles. The second-order valence-corrected chi connectivity index (χ2v) is 27.5. The molecule has 3 aliphatic rings. The predicted octanol–water partition coefficient (Wildman–Crippen LogP) is 20.9. The number of benzene rings is 10. The van der Waals surface area contributed by atoms with Crippen LogP contribution in [0.25, 0.3) is 99.6 Å². The second kappa shape index (κ2) is 17.8. The van der Waals surface area contributed by atoms with Crippen molar-refractivity contribution < 1.29 is 13.3 Å². The van der Waals surface area contributed by atoms with Crippen LogP contribution in [0.1, 0.15) is 104 Å². The fourth-order valence-corrected chi connectivity index (χ4v) is 14.5. The van der Waals surface area contributed by atoms with E-state index in [1.54, 1.807) is 0 Å². The van der Waals surface area contributed by atoms with Crippen LogP contribution in [0.2, 0.25) is 0 Å². The van der Waals surface area contributed by atoms with Crippen molar-refractivity contribution in [2.24, 2.45) is 0 Å². The van der Waals surface area contributed by atoms with Gasteiger partial charge in [-0.2, -0.15) is 0 Å². The van der Waals surface area contributed by atoms with Gasteiger partial charge in [0, 0.05) is 83.6 Å². The molecule has 16 rings (SSSR count). The van der Waals surface area contributed by atoms with Gasteiger partial charge in [-0.3, -0.25) is 0 Å². The van der Waals surface area contributed by atoms with E-state index in [-0.39, 0.29) is 28.5 Å². The summed E-state index contributed by atoms with van der Waals surface area (Å²) < 4.78 is 22.0. The molecule has 0 bridgehead atoms. The zero-order valence-corrected chi connectivity index (χ0v) is 49.7. The molecule has 5 nitrogen and oxygen atoms in total. The Bertz CT molecular complexity index is 4850. The molecule has 0 spiro atoms. The van der Waals surface area contributed by atoms with Gasteiger partial charge >= 0.3 is 6.85 Å². The van der Waals surface area contributed by atoms with Crippen LogP contribution in [0.4, 0.5) is 28.4 Å². The van der Waals surface area contributed by atoms with Crippen molar-refractivity contribution in [2.45, 2.75) is 104 Å². The first-order valence-corrected chi connectivity index (χ1v) is 30.0. The first kappa shape index (κ1) is 50.7. The molecule has 0 unspecified atom stereocenters. The summed E-state index contributed by atoms with van der Waals surface area (Å²) in [5, 5.41) is 5.45. The molecule has 0 atom stereocenters. The fraction of sp³-hybridized carbons (Fsp3) is 0.205. The molecule has 5 heterocycles. The number of hydrogen-bond acceptors (Lipinski definition) is 5. The fourth-order valence-electron chi connectivity index (χ4n) is 14.5. The number of anilines is 5. The molecule has 0 N–H and O–H groups in total. The van der Waals surface area contributed by atoms with Gasteiger partial charge in [0.05, 0.1) is 5.69 Å². The molecule has 0 saturated carbocycles. The van der Waals surface area contributed by atoms with Gasteiger partial charge in [-0.25, -0.2) is 0 Å². The van der Waals surface area contributed by atoms with Crippen molar-refractivity contribution >= 4 is 101 Å². The lowest BCUT2D eigenvalue weighted by molar-refractivity contribution is 0.332. The zero-order valence-electron chi connectivity index (χ0n) is 49.7. The topological polar surface area (TPSA) is 45.9 Å². The Morgan fingerprint density at radius 1 is 0.405 bits per heavy atom. The number of furan rings is 3. The summed E-state index contributed by atoms with van der Waals surface area (Å²) in [7, 11) is 0. The Labute approximate surface area is 492 Å². The quantitative estimate of drug-likeness (QED) is 0.161. The van der Waals surface area contributed by atoms with E-state index in [4.69, 9.17) is 13.3 Å². The summed E-state index contributed by atoms with van der Waals surface area (Å²) in [5.41, 5.74) is 25.0. The van der Waals surface area contributed by atoms with E-state index in [0.29, 0.717) is 0 Å². The van der Waals surface area contributed by atoms with Crippen molar-refractivity contribution in [3.05, 3.63) is 222 Å². The Balaban J connectivity index is 1.09. The minimum atomic E-state index is -0.369. The number of nitrogens with zero attached hydrogens (tertiary/aromatic N) is 2. The number of hydrogen-bond donors (Lipinski definition) is 0. The lowest BCUT2D eigenvalue weighted by atomic mass is 9.43. The summed E-state index contributed by atoms with van der Waals surface area (Å²) in [6.07, 6.45) is 2.25. The number of fused-ring (bicyclic) bond motifs is 13. The maximum absolute atomic E-state index is 7.39. The Morgan fingerprint density at radius 2 is 0.988 bits per heavy atom. The molecule has 13 aromatic rings. The molecule has 2 aliphatic heterocycles. The van der Waals surface area contributed by atoms with E-state index in [1.165, 1.54) is 27.7 Å². The summed E-state index contributed by atoms with van der Waals surface area (Å²) in [6.45, 7) is 23.1. The third-order valence-electron chi connectivity index (χ3n) is 19.2. The highest BCUT2D eigenvalue weighted by atomic mass is 16.3. The zero-order chi connectivity index (χ0) is 57.3. The minimum Gasteiger partial charge on any atom is -0.456 e. The van der Waals surface area contributed by atoms with E-state index >= 15 is 0 Å². The second-order valence-electron chi connectivity index (χ2n) is 27.5. The molecule has 0 fully saturated rings. The van der Waals surface area contributed by atoms with Crippen molar-refractivity contribution in [1.29, 1.82) is 0 Å². The molecular weight excluding hydrogens is 1020 g/mol. The van der Waals surface area contributed by atoms with Crippen LogP contribution < -0.4 is 20.6 Å². The van der Waals surface area contributed by atoms with Gasteiger partial charge in [0.1, 0.15) is 33.7 Å². The number of para-hydroxylation sites is 1. The lowest BCUT2D eigenvalue weighted by Crippen LogP contribution is -2.61. The first-order chi connectivity index (χ1) is 40.4. The smallest absolute Gasteiger partial charge is 0.333 e. The monoisotopic (exact) mass is 1090 g/mol. The van der Waals surface area contributed by atoms with Crippen LogP contribution >= 0.6 is 0 Å². The Hall–Kier alpha value is -9.00. The summed E-state index contributed by atoms with van der Waals surface area (Å²) in [5.74, 6) is 0.844. The largest absolute Gasteiger partial charge is 0.456 e. The molecule has 84 heavy (non-hydrogen) atoms. The molecule has 6 heteroatoms. The van der Waals surface area contributed by atoms with Crippen molar-refractivity contribution in [2.75, 3.05) is 9.71 Å². The van der Waals surface area contributed by atoms with Crippen LogP contribution in [-0.2, 0) is 21.7 Å². The van der Waals surface area contributed by atoms with Crippen LogP contribution in [0.15, 0.2) is 213 Å². The molecule has 0 saturated heterocycles. The summed E-state index contributed by atoms with van der Waals surface area (Å²) in [4.78, 5) is 5.20. The summed E-state index contributed by atoms with van der Waals surface area (Å²) in [6, 6.07) is 74.4. The third kappa shape index (κ3) is 7.54. The van der Waals surface area contributed by atoms with Gasteiger partial charge in [0.2, 0.25) is 0 Å². The molecule has 410 valence electrons. The molecule has 10 aromatic carbocycles. The maximum Gasteiger partial charge on any atom is 0.333 e. The molecule has 0 radical (unpaired) electrons. The third-order valence-corrected chi connectivity index (χ3v) is 19.2. The normalized spacial score (nSPS) is 15.3. The minimum absolute atomic E-state index is 0.0166. The highest BCUT2D eigenvalue weighted by molar-refractivity contribution is 6.94. The highest BCUT2D eigenvalue weighted by Gasteiger charge is 2.48. The molecule has 0 amide bonds. The lowest BCUT2D eigenvalue weighted by Gasteiger charge is -2.46. The van der Waals surface area contributed by atoms with Crippen LogP contribution in [0.5, 0.6) is 0 Å². The average molecular weight is 1090 g/mol. The van der Waals surface area contributed by atoms with Gasteiger partial charge in [0.25, 0.3) is 0 Å². The Kier molecular flexibility index (Phi) is 10.7. The SMILES string of the molecule is CC(C)(C)c1ccc(N2B3c4cc5oc(-c6ccccc6)c(-c6ccccc6)c5cc4N(c4ccc(C(C)(C)C)cc4-c4ccccc4)c4cc5c(oc6ccccc65)c(c43)-c3cc4c(cc32)oc2cc3c(cc24)C(C)(C)CCC3(C)C)cc1. The van der Waals surface area contributed by atoms with Gasteiger partial charge in [0.15, 0.2) is 0 Å². The van der Waals surface area contributed by atoms with Crippen molar-refractivity contribution in [3.8, 4) is 44.7 Å². The van der Waals surface area contributed by atoms with E-state index in [1.807, 2.05) is 0 Å². The summed E-state index contributed by atoms with van der Waals surface area (Å²) >= 11 is 0. The van der Waals surface area contributed by atoms with Crippen molar-refractivity contribution in [3.63, 3.8) is 0 Å². The maximum atomic E-state index is 7.39. The van der Waals surface area contributed by atoms with Crippen LogP contribution in [-0.4, -0.2) is 6.85 Å². The number of rotatable bonds is 5.